The molecule has 2 aliphatic rings. The van der Waals surface area contributed by atoms with Gasteiger partial charge in [-0.25, -0.2) is 9.67 Å². The van der Waals surface area contributed by atoms with Gasteiger partial charge in [0.2, 0.25) is 11.9 Å². The first-order valence-electron chi connectivity index (χ1n) is 8.30. The number of aromatic nitrogens is 3. The Kier molecular flexibility index (Phi) is 5.46. The van der Waals surface area contributed by atoms with Crippen molar-refractivity contribution in [1.82, 2.24) is 14.8 Å². The highest BCUT2D eigenvalue weighted by Gasteiger charge is 2.49. The molecule has 2 fully saturated rings. The smallest absolute Gasteiger partial charge is 0.248 e. The molecule has 1 aromatic heterocycles. The highest BCUT2D eigenvalue weighted by molar-refractivity contribution is 9.10. The fourth-order valence-electron chi connectivity index (χ4n) is 4.17. The second kappa shape index (κ2) is 7.43. The van der Waals surface area contributed by atoms with Crippen molar-refractivity contribution in [3.05, 3.63) is 40.6 Å². The molecule has 2 aromatic rings. The first-order valence-corrected chi connectivity index (χ1v) is 9.10. The minimum absolute atomic E-state index is 0. The lowest BCUT2D eigenvalue weighted by Crippen LogP contribution is -2.42. The molecular formula is C17H21BrClN5O. The van der Waals surface area contributed by atoms with Gasteiger partial charge in [0, 0.05) is 10.5 Å². The third kappa shape index (κ3) is 3.73. The average Bonchev–Trinajstić information content (AvgIpc) is 3.23. The summed E-state index contributed by atoms with van der Waals surface area (Å²) >= 11 is 3.46. The standard InChI is InChI=1S/C17H20BrN5O.ClH/c18-13-3-1-2-10(6-13)8-23-9-20-17(22-23)21-16(24)14-11-4-5-12(7-11)15(14)19;/h1-3,6,9,11-12,14-15H,4-5,7-8,19H2,(H,21,22,24);1H. The zero-order chi connectivity index (χ0) is 16.7. The number of benzene rings is 1. The summed E-state index contributed by atoms with van der Waals surface area (Å²) < 4.78 is 2.75. The molecule has 2 saturated carbocycles. The quantitative estimate of drug-likeness (QED) is 0.787. The van der Waals surface area contributed by atoms with Crippen LogP contribution in [0.15, 0.2) is 35.1 Å². The van der Waals surface area contributed by atoms with Gasteiger partial charge in [0.15, 0.2) is 0 Å². The molecule has 4 atom stereocenters. The van der Waals surface area contributed by atoms with Crippen LogP contribution in [0.3, 0.4) is 0 Å². The number of fused-ring (bicyclic) bond motifs is 2. The molecule has 4 rings (SSSR count). The van der Waals surface area contributed by atoms with Gasteiger partial charge in [-0.3, -0.25) is 10.1 Å². The van der Waals surface area contributed by atoms with E-state index in [-0.39, 0.29) is 30.3 Å². The van der Waals surface area contributed by atoms with Crippen molar-refractivity contribution in [3.8, 4) is 0 Å². The Bertz CT molecular complexity index is 765. The lowest BCUT2D eigenvalue weighted by atomic mass is 9.84. The molecule has 2 aliphatic carbocycles. The van der Waals surface area contributed by atoms with Crippen molar-refractivity contribution in [2.75, 3.05) is 5.32 Å². The number of carbonyl (C=O) groups excluding carboxylic acids is 1. The van der Waals surface area contributed by atoms with E-state index in [0.29, 0.717) is 24.3 Å². The van der Waals surface area contributed by atoms with Gasteiger partial charge >= 0.3 is 0 Å². The summed E-state index contributed by atoms with van der Waals surface area (Å²) in [6.45, 7) is 0.607. The van der Waals surface area contributed by atoms with Crippen molar-refractivity contribution in [3.63, 3.8) is 0 Å². The normalized spacial score (nSPS) is 27.1. The van der Waals surface area contributed by atoms with Gasteiger partial charge in [0.1, 0.15) is 6.33 Å². The predicted molar refractivity (Wildman–Crippen MR) is 101 cm³/mol. The van der Waals surface area contributed by atoms with Gasteiger partial charge in [-0.1, -0.05) is 28.1 Å². The largest absolute Gasteiger partial charge is 0.327 e. The lowest BCUT2D eigenvalue weighted by molar-refractivity contribution is -0.121. The van der Waals surface area contributed by atoms with Crippen LogP contribution in [-0.4, -0.2) is 26.7 Å². The van der Waals surface area contributed by atoms with Crippen LogP contribution in [0.1, 0.15) is 24.8 Å². The highest BCUT2D eigenvalue weighted by atomic mass is 79.9. The Morgan fingerprint density at radius 2 is 2.16 bits per heavy atom. The molecule has 25 heavy (non-hydrogen) atoms. The zero-order valence-electron chi connectivity index (χ0n) is 13.6. The predicted octanol–water partition coefficient (Wildman–Crippen LogP) is 2.82. The molecule has 1 aromatic carbocycles. The molecular weight excluding hydrogens is 406 g/mol. The Morgan fingerprint density at radius 3 is 2.88 bits per heavy atom. The molecule has 134 valence electrons. The molecule has 0 radical (unpaired) electrons. The molecule has 0 aliphatic heterocycles. The number of anilines is 1. The van der Waals surface area contributed by atoms with E-state index in [1.54, 1.807) is 11.0 Å². The fraction of sp³-hybridized carbons (Fsp3) is 0.471. The second-order valence-electron chi connectivity index (χ2n) is 6.82. The van der Waals surface area contributed by atoms with Crippen molar-refractivity contribution in [2.45, 2.75) is 31.8 Å². The number of nitrogens with one attached hydrogen (secondary N) is 1. The Hall–Kier alpha value is -1.44. The summed E-state index contributed by atoms with van der Waals surface area (Å²) in [5.74, 6) is 1.15. The first-order chi connectivity index (χ1) is 11.6. The molecule has 3 N–H and O–H groups in total. The molecule has 8 heteroatoms. The summed E-state index contributed by atoms with van der Waals surface area (Å²) in [4.78, 5) is 16.7. The third-order valence-electron chi connectivity index (χ3n) is 5.29. The number of nitrogens with zero attached hydrogens (tertiary/aromatic N) is 3. The van der Waals surface area contributed by atoms with Gasteiger partial charge in [0.05, 0.1) is 12.5 Å². The molecule has 2 bridgehead atoms. The highest BCUT2D eigenvalue weighted by Crippen LogP contribution is 2.47. The summed E-state index contributed by atoms with van der Waals surface area (Å²) in [6, 6.07) is 8.00. The van der Waals surface area contributed by atoms with E-state index in [1.807, 2.05) is 24.3 Å². The van der Waals surface area contributed by atoms with Crippen molar-refractivity contribution < 1.29 is 4.79 Å². The maximum Gasteiger partial charge on any atom is 0.248 e. The van der Waals surface area contributed by atoms with Crippen LogP contribution < -0.4 is 11.1 Å². The SMILES string of the molecule is Cl.NC1C2CCC(C2)C1C(=O)Nc1ncn(Cc2cccc(Br)c2)n1. The molecule has 1 heterocycles. The Labute approximate surface area is 161 Å². The molecule has 0 spiro atoms. The van der Waals surface area contributed by atoms with Gasteiger partial charge < -0.3 is 5.73 Å². The Morgan fingerprint density at radius 1 is 1.36 bits per heavy atom. The van der Waals surface area contributed by atoms with E-state index in [2.05, 4.69) is 31.3 Å². The minimum Gasteiger partial charge on any atom is -0.327 e. The van der Waals surface area contributed by atoms with Crippen LogP contribution in [0.4, 0.5) is 5.95 Å². The van der Waals surface area contributed by atoms with Crippen LogP contribution in [0.25, 0.3) is 0 Å². The van der Waals surface area contributed by atoms with E-state index in [4.69, 9.17) is 5.73 Å². The maximum absolute atomic E-state index is 12.5. The van der Waals surface area contributed by atoms with E-state index < -0.39 is 0 Å². The third-order valence-corrected chi connectivity index (χ3v) is 5.78. The Balaban J connectivity index is 0.00000182. The zero-order valence-corrected chi connectivity index (χ0v) is 16.0. The first kappa shape index (κ1) is 18.4. The summed E-state index contributed by atoms with van der Waals surface area (Å²) in [7, 11) is 0. The van der Waals surface area contributed by atoms with Gasteiger partial charge in [-0.15, -0.1) is 17.5 Å². The number of hydrogen-bond acceptors (Lipinski definition) is 4. The molecule has 1 amide bonds. The van der Waals surface area contributed by atoms with Crippen LogP contribution >= 0.6 is 28.3 Å². The van der Waals surface area contributed by atoms with Crippen LogP contribution in [0.2, 0.25) is 0 Å². The number of amides is 1. The van der Waals surface area contributed by atoms with Gasteiger partial charge in [-0.05, 0) is 48.8 Å². The monoisotopic (exact) mass is 425 g/mol. The van der Waals surface area contributed by atoms with Crippen molar-refractivity contribution in [1.29, 1.82) is 0 Å². The summed E-state index contributed by atoms with van der Waals surface area (Å²) in [6.07, 6.45) is 5.00. The van der Waals surface area contributed by atoms with E-state index >= 15 is 0 Å². The van der Waals surface area contributed by atoms with Crippen LogP contribution in [0.5, 0.6) is 0 Å². The maximum atomic E-state index is 12.5. The van der Waals surface area contributed by atoms with Crippen LogP contribution in [0, 0.1) is 17.8 Å². The number of nitrogens with two attached hydrogens (primary N) is 1. The fourth-order valence-corrected chi connectivity index (χ4v) is 4.62. The summed E-state index contributed by atoms with van der Waals surface area (Å²) in [5.41, 5.74) is 7.34. The van der Waals surface area contributed by atoms with Gasteiger partial charge in [-0.2, -0.15) is 0 Å². The van der Waals surface area contributed by atoms with E-state index in [1.165, 1.54) is 0 Å². The minimum atomic E-state index is -0.0965. The summed E-state index contributed by atoms with van der Waals surface area (Å²) in [5, 5.41) is 7.20. The van der Waals surface area contributed by atoms with E-state index in [0.717, 1.165) is 29.3 Å². The second-order valence-corrected chi connectivity index (χ2v) is 7.74. The lowest BCUT2D eigenvalue weighted by Gasteiger charge is -2.26. The number of carbonyl (C=O) groups is 1. The number of halogens is 2. The van der Waals surface area contributed by atoms with Crippen LogP contribution in [-0.2, 0) is 11.3 Å². The average molecular weight is 427 g/mol. The molecule has 6 nitrogen and oxygen atoms in total. The topological polar surface area (TPSA) is 85.8 Å². The van der Waals surface area contributed by atoms with Gasteiger partial charge in [0.25, 0.3) is 0 Å². The number of hydrogen-bond donors (Lipinski definition) is 2. The molecule has 0 saturated heterocycles. The van der Waals surface area contributed by atoms with Crippen molar-refractivity contribution in [2.24, 2.45) is 23.5 Å². The van der Waals surface area contributed by atoms with Crippen molar-refractivity contribution >= 4 is 40.2 Å². The molecule has 4 unspecified atom stereocenters. The number of rotatable bonds is 4. The van der Waals surface area contributed by atoms with E-state index in [9.17, 15) is 4.79 Å².